The fourth-order valence-electron chi connectivity index (χ4n) is 2.81. The Morgan fingerprint density at radius 1 is 1.10 bits per heavy atom. The Kier molecular flexibility index (Phi) is 4.58. The van der Waals surface area contributed by atoms with Gasteiger partial charge < -0.3 is 10.8 Å². The lowest BCUT2D eigenvalue weighted by atomic mass is 9.71. The van der Waals surface area contributed by atoms with Crippen molar-refractivity contribution in [3.8, 4) is 0 Å². The molecule has 2 heteroatoms. The predicted octanol–water partition coefficient (Wildman–Crippen LogP) is 2.82. The maximum Gasteiger partial charge on any atom is 0.0624 e. The van der Waals surface area contributed by atoms with E-state index >= 15 is 0 Å². The van der Waals surface area contributed by atoms with Gasteiger partial charge in [0.1, 0.15) is 0 Å². The van der Waals surface area contributed by atoms with Gasteiger partial charge in [0.05, 0.1) is 6.10 Å². The molecular weight excluding hydrogens is 246 g/mol. The summed E-state index contributed by atoms with van der Waals surface area (Å²) < 4.78 is 0. The Morgan fingerprint density at radius 3 is 2.35 bits per heavy atom. The molecule has 0 radical (unpaired) electrons. The SMILES string of the molecule is Cc1cccc(CC(CN)(c2ccccc2)C(C)O)c1. The first-order valence-electron chi connectivity index (χ1n) is 7.08. The molecule has 0 aliphatic rings. The van der Waals surface area contributed by atoms with E-state index in [2.05, 4.69) is 43.3 Å². The molecule has 2 atom stereocenters. The summed E-state index contributed by atoms with van der Waals surface area (Å²) in [6.45, 7) is 4.33. The zero-order valence-electron chi connectivity index (χ0n) is 12.2. The number of aliphatic hydroxyl groups excluding tert-OH is 1. The second kappa shape index (κ2) is 6.21. The fourth-order valence-corrected chi connectivity index (χ4v) is 2.81. The van der Waals surface area contributed by atoms with Crippen molar-refractivity contribution in [1.82, 2.24) is 0 Å². The molecule has 0 saturated carbocycles. The summed E-state index contributed by atoms with van der Waals surface area (Å²) in [6, 6.07) is 18.5. The Bertz CT molecular complexity index is 550. The minimum Gasteiger partial charge on any atom is -0.392 e. The highest BCUT2D eigenvalue weighted by molar-refractivity contribution is 5.33. The predicted molar refractivity (Wildman–Crippen MR) is 83.7 cm³/mol. The number of hydrogen-bond acceptors (Lipinski definition) is 2. The van der Waals surface area contributed by atoms with Crippen molar-refractivity contribution in [2.45, 2.75) is 31.8 Å². The van der Waals surface area contributed by atoms with E-state index in [1.54, 1.807) is 0 Å². The van der Waals surface area contributed by atoms with E-state index in [0.29, 0.717) is 6.54 Å². The van der Waals surface area contributed by atoms with Crippen molar-refractivity contribution >= 4 is 0 Å². The van der Waals surface area contributed by atoms with Crippen molar-refractivity contribution in [1.29, 1.82) is 0 Å². The van der Waals surface area contributed by atoms with E-state index in [1.165, 1.54) is 11.1 Å². The van der Waals surface area contributed by atoms with Gasteiger partial charge in [-0.2, -0.15) is 0 Å². The molecule has 2 nitrogen and oxygen atoms in total. The first kappa shape index (κ1) is 14.8. The molecule has 0 fully saturated rings. The van der Waals surface area contributed by atoms with Crippen LogP contribution in [0.5, 0.6) is 0 Å². The third-order valence-electron chi connectivity index (χ3n) is 4.11. The molecule has 2 rings (SSSR count). The second-order valence-corrected chi connectivity index (χ2v) is 5.57. The summed E-state index contributed by atoms with van der Waals surface area (Å²) in [5.74, 6) is 0. The maximum absolute atomic E-state index is 10.4. The normalized spacial score (nSPS) is 15.6. The highest BCUT2D eigenvalue weighted by Crippen LogP contribution is 2.31. The summed E-state index contributed by atoms with van der Waals surface area (Å²) in [4.78, 5) is 0. The van der Waals surface area contributed by atoms with Crippen LogP contribution in [-0.4, -0.2) is 17.8 Å². The van der Waals surface area contributed by atoms with Gasteiger partial charge in [-0.3, -0.25) is 0 Å². The number of benzene rings is 2. The smallest absolute Gasteiger partial charge is 0.0624 e. The average Bonchev–Trinajstić information content (AvgIpc) is 2.45. The molecule has 0 spiro atoms. The van der Waals surface area contributed by atoms with E-state index < -0.39 is 11.5 Å². The van der Waals surface area contributed by atoms with Crippen molar-refractivity contribution in [2.24, 2.45) is 5.73 Å². The Morgan fingerprint density at radius 2 is 1.80 bits per heavy atom. The van der Waals surface area contributed by atoms with E-state index in [-0.39, 0.29) is 0 Å². The van der Waals surface area contributed by atoms with Crippen molar-refractivity contribution < 1.29 is 5.11 Å². The summed E-state index contributed by atoms with van der Waals surface area (Å²) in [5, 5.41) is 10.4. The molecule has 0 aliphatic heterocycles. The van der Waals surface area contributed by atoms with Gasteiger partial charge in [-0.1, -0.05) is 60.2 Å². The van der Waals surface area contributed by atoms with Gasteiger partial charge in [0, 0.05) is 12.0 Å². The molecule has 0 saturated heterocycles. The maximum atomic E-state index is 10.4. The minimum absolute atomic E-state index is 0.419. The molecule has 20 heavy (non-hydrogen) atoms. The Labute approximate surface area is 121 Å². The zero-order chi connectivity index (χ0) is 14.6. The van der Waals surface area contributed by atoms with E-state index in [9.17, 15) is 5.11 Å². The zero-order valence-corrected chi connectivity index (χ0v) is 12.2. The first-order chi connectivity index (χ1) is 9.58. The number of nitrogens with two attached hydrogens (primary N) is 1. The molecule has 0 amide bonds. The molecule has 0 aromatic heterocycles. The van der Waals surface area contributed by atoms with Crippen LogP contribution in [0.25, 0.3) is 0 Å². The van der Waals surface area contributed by atoms with Crippen LogP contribution in [-0.2, 0) is 11.8 Å². The van der Waals surface area contributed by atoms with Crippen molar-refractivity contribution in [3.05, 3.63) is 71.3 Å². The molecule has 106 valence electrons. The van der Waals surface area contributed by atoms with Crippen molar-refractivity contribution in [3.63, 3.8) is 0 Å². The van der Waals surface area contributed by atoms with Gasteiger partial charge in [0.25, 0.3) is 0 Å². The van der Waals surface area contributed by atoms with Crippen LogP contribution < -0.4 is 5.73 Å². The molecular formula is C18H23NO. The van der Waals surface area contributed by atoms with Gasteiger partial charge >= 0.3 is 0 Å². The van der Waals surface area contributed by atoms with Crippen LogP contribution in [0, 0.1) is 6.92 Å². The van der Waals surface area contributed by atoms with Gasteiger partial charge in [0.15, 0.2) is 0 Å². The Balaban J connectivity index is 2.43. The third kappa shape index (κ3) is 2.92. The highest BCUT2D eigenvalue weighted by atomic mass is 16.3. The molecule has 0 bridgehead atoms. The van der Waals surface area contributed by atoms with E-state index in [4.69, 9.17) is 5.73 Å². The quantitative estimate of drug-likeness (QED) is 0.876. The second-order valence-electron chi connectivity index (χ2n) is 5.57. The van der Waals surface area contributed by atoms with Crippen LogP contribution in [0.2, 0.25) is 0 Å². The van der Waals surface area contributed by atoms with Crippen LogP contribution in [0.3, 0.4) is 0 Å². The first-order valence-corrected chi connectivity index (χ1v) is 7.08. The van der Waals surface area contributed by atoms with Crippen molar-refractivity contribution in [2.75, 3.05) is 6.54 Å². The summed E-state index contributed by atoms with van der Waals surface area (Å²) in [7, 11) is 0. The fraction of sp³-hybridized carbons (Fsp3) is 0.333. The lowest BCUT2D eigenvalue weighted by molar-refractivity contribution is 0.100. The van der Waals surface area contributed by atoms with Crippen LogP contribution in [0.4, 0.5) is 0 Å². The lowest BCUT2D eigenvalue weighted by Gasteiger charge is -2.36. The largest absolute Gasteiger partial charge is 0.392 e. The van der Waals surface area contributed by atoms with Gasteiger partial charge in [0.2, 0.25) is 0 Å². The summed E-state index contributed by atoms with van der Waals surface area (Å²) in [5.41, 5.74) is 9.16. The number of hydrogen-bond donors (Lipinski definition) is 2. The number of aliphatic hydroxyl groups is 1. The van der Waals surface area contributed by atoms with E-state index in [1.807, 2.05) is 25.1 Å². The lowest BCUT2D eigenvalue weighted by Crippen LogP contribution is -2.46. The Hall–Kier alpha value is -1.64. The van der Waals surface area contributed by atoms with Gasteiger partial charge in [-0.05, 0) is 31.4 Å². The molecule has 2 aromatic carbocycles. The van der Waals surface area contributed by atoms with Gasteiger partial charge in [-0.15, -0.1) is 0 Å². The number of aryl methyl sites for hydroxylation is 1. The van der Waals surface area contributed by atoms with Gasteiger partial charge in [-0.25, -0.2) is 0 Å². The average molecular weight is 269 g/mol. The van der Waals surface area contributed by atoms with Crippen LogP contribution in [0.15, 0.2) is 54.6 Å². The standard InChI is InChI=1S/C18H23NO/c1-14-7-6-8-16(11-14)12-18(13-19,15(2)20)17-9-4-3-5-10-17/h3-11,15,20H,12-13,19H2,1-2H3. The molecule has 2 unspecified atom stereocenters. The molecule has 2 aromatic rings. The minimum atomic E-state index is -0.504. The monoisotopic (exact) mass is 269 g/mol. The highest BCUT2D eigenvalue weighted by Gasteiger charge is 2.36. The molecule has 0 aliphatic carbocycles. The molecule has 3 N–H and O–H groups in total. The topological polar surface area (TPSA) is 46.2 Å². The number of rotatable bonds is 5. The third-order valence-corrected chi connectivity index (χ3v) is 4.11. The van der Waals surface area contributed by atoms with E-state index in [0.717, 1.165) is 12.0 Å². The summed E-state index contributed by atoms with van der Waals surface area (Å²) in [6.07, 6.45) is 0.239. The molecule has 0 heterocycles. The summed E-state index contributed by atoms with van der Waals surface area (Å²) >= 11 is 0. The van der Waals surface area contributed by atoms with Crippen LogP contribution in [0.1, 0.15) is 23.6 Å². The van der Waals surface area contributed by atoms with Crippen LogP contribution >= 0.6 is 0 Å².